The molecule has 1 atom stereocenters. The number of nitrogens with one attached hydrogen (secondary N) is 1. The molecule has 0 saturated heterocycles. The van der Waals surface area contributed by atoms with E-state index in [1.807, 2.05) is 44.2 Å². The molecular formula is C32H39Cl2N3O5S. The lowest BCUT2D eigenvalue weighted by Crippen LogP contribution is -2.50. The van der Waals surface area contributed by atoms with E-state index in [4.69, 9.17) is 27.9 Å². The van der Waals surface area contributed by atoms with Gasteiger partial charge in [-0.2, -0.15) is 0 Å². The number of anilines is 1. The van der Waals surface area contributed by atoms with Crippen molar-refractivity contribution >= 4 is 50.7 Å². The molecule has 0 bridgehead atoms. The highest BCUT2D eigenvalue weighted by molar-refractivity contribution is 7.92. The maximum absolute atomic E-state index is 13.9. The average molecular weight is 649 g/mol. The Morgan fingerprint density at radius 1 is 0.930 bits per heavy atom. The Bertz CT molecular complexity index is 1450. The maximum Gasteiger partial charge on any atom is 0.243 e. The standard InChI is InChI=1S/C32H39Cl2N3O5S/c1-4-19-35-32(39)30(22-24-10-7-6-8-11-24)36(23-25-13-18-28(33)29(34)21-25)31(38)12-9-20-37(43(3,40)41)26-14-16-27(17-15-26)42-5-2/h6-8,10-11,13-18,21,30H,4-5,9,12,19-20,22-23H2,1-3H3,(H,35,39)/t30-/m1/s1. The molecular weight excluding hydrogens is 609 g/mol. The van der Waals surface area contributed by atoms with E-state index in [1.165, 1.54) is 4.31 Å². The number of halogens is 2. The molecule has 0 unspecified atom stereocenters. The quantitative estimate of drug-likeness (QED) is 0.203. The van der Waals surface area contributed by atoms with Crippen molar-refractivity contribution < 1.29 is 22.7 Å². The second-order valence-electron chi connectivity index (χ2n) is 10.1. The normalized spacial score (nSPS) is 11.9. The molecule has 0 aliphatic rings. The number of benzene rings is 3. The molecule has 232 valence electrons. The van der Waals surface area contributed by atoms with Gasteiger partial charge >= 0.3 is 0 Å². The van der Waals surface area contributed by atoms with E-state index < -0.39 is 16.1 Å². The monoisotopic (exact) mass is 647 g/mol. The van der Waals surface area contributed by atoms with Crippen molar-refractivity contribution in [1.82, 2.24) is 10.2 Å². The first kappa shape index (κ1) is 34.2. The minimum atomic E-state index is -3.62. The highest BCUT2D eigenvalue weighted by Gasteiger charge is 2.30. The Hall–Kier alpha value is -3.27. The molecule has 2 amide bonds. The predicted octanol–water partition coefficient (Wildman–Crippen LogP) is 6.10. The van der Waals surface area contributed by atoms with Gasteiger partial charge in [-0.3, -0.25) is 13.9 Å². The fourth-order valence-corrected chi connectivity index (χ4v) is 5.92. The summed E-state index contributed by atoms with van der Waals surface area (Å²) in [6, 6.07) is 20.6. The van der Waals surface area contributed by atoms with E-state index in [1.54, 1.807) is 47.4 Å². The average Bonchev–Trinajstić information content (AvgIpc) is 2.98. The molecule has 3 rings (SSSR count). The van der Waals surface area contributed by atoms with Crippen molar-refractivity contribution in [1.29, 1.82) is 0 Å². The zero-order chi connectivity index (χ0) is 31.4. The van der Waals surface area contributed by atoms with E-state index in [9.17, 15) is 18.0 Å². The smallest absolute Gasteiger partial charge is 0.243 e. The number of sulfonamides is 1. The minimum Gasteiger partial charge on any atom is -0.494 e. The lowest BCUT2D eigenvalue weighted by atomic mass is 10.0. The zero-order valence-corrected chi connectivity index (χ0v) is 27.1. The first-order valence-corrected chi connectivity index (χ1v) is 16.9. The highest BCUT2D eigenvalue weighted by Crippen LogP contribution is 2.26. The van der Waals surface area contributed by atoms with Crippen LogP contribution < -0.4 is 14.4 Å². The topological polar surface area (TPSA) is 96.0 Å². The Morgan fingerprint density at radius 3 is 2.23 bits per heavy atom. The molecule has 0 radical (unpaired) electrons. The lowest BCUT2D eigenvalue weighted by Gasteiger charge is -2.32. The maximum atomic E-state index is 13.9. The van der Waals surface area contributed by atoms with Gasteiger partial charge in [0.25, 0.3) is 0 Å². The van der Waals surface area contributed by atoms with Crippen LogP contribution in [0.3, 0.4) is 0 Å². The van der Waals surface area contributed by atoms with Gasteiger partial charge in [0.2, 0.25) is 21.8 Å². The number of hydrogen-bond donors (Lipinski definition) is 1. The molecule has 3 aromatic carbocycles. The Kier molecular flexibility index (Phi) is 13.2. The van der Waals surface area contributed by atoms with Crippen LogP contribution in [0.4, 0.5) is 5.69 Å². The summed E-state index contributed by atoms with van der Waals surface area (Å²) in [4.78, 5) is 28.9. The minimum absolute atomic E-state index is 0.0245. The molecule has 43 heavy (non-hydrogen) atoms. The number of carbonyl (C=O) groups excluding carboxylic acids is 2. The van der Waals surface area contributed by atoms with Gasteiger partial charge in [-0.1, -0.05) is 66.5 Å². The van der Waals surface area contributed by atoms with Gasteiger partial charge in [0.15, 0.2) is 0 Å². The van der Waals surface area contributed by atoms with Crippen LogP contribution in [0, 0.1) is 0 Å². The van der Waals surface area contributed by atoms with Gasteiger partial charge in [0, 0.05) is 32.5 Å². The number of rotatable bonds is 16. The van der Waals surface area contributed by atoms with Crippen molar-refractivity contribution in [3.05, 3.63) is 94.0 Å². The first-order valence-electron chi connectivity index (χ1n) is 14.3. The molecule has 0 aliphatic carbocycles. The number of nitrogens with zero attached hydrogens (tertiary/aromatic N) is 2. The number of carbonyl (C=O) groups is 2. The van der Waals surface area contributed by atoms with Crippen LogP contribution in [-0.2, 0) is 32.6 Å². The molecule has 1 N–H and O–H groups in total. The van der Waals surface area contributed by atoms with Crippen molar-refractivity contribution in [2.24, 2.45) is 0 Å². The summed E-state index contributed by atoms with van der Waals surface area (Å²) in [5.41, 5.74) is 2.10. The third-order valence-corrected chi connectivity index (χ3v) is 8.68. The zero-order valence-electron chi connectivity index (χ0n) is 24.8. The molecule has 0 heterocycles. The third-order valence-electron chi connectivity index (χ3n) is 6.75. The number of hydrogen-bond acceptors (Lipinski definition) is 5. The first-order chi connectivity index (χ1) is 20.5. The number of ether oxygens (including phenoxy) is 1. The molecule has 3 aromatic rings. The van der Waals surface area contributed by atoms with Crippen LogP contribution in [0.5, 0.6) is 5.75 Å². The van der Waals surface area contributed by atoms with E-state index in [0.717, 1.165) is 23.8 Å². The van der Waals surface area contributed by atoms with Crippen molar-refractivity contribution in [2.75, 3.05) is 30.3 Å². The third kappa shape index (κ3) is 10.4. The Balaban J connectivity index is 1.87. The SMILES string of the molecule is CCCNC(=O)[C@@H](Cc1ccccc1)N(Cc1ccc(Cl)c(Cl)c1)C(=O)CCCN(c1ccc(OCC)cc1)S(C)(=O)=O. The number of amides is 2. The molecule has 0 fully saturated rings. The van der Waals surface area contributed by atoms with Gasteiger partial charge in [0.1, 0.15) is 11.8 Å². The summed E-state index contributed by atoms with van der Waals surface area (Å²) in [6.07, 6.45) is 2.46. The highest BCUT2D eigenvalue weighted by atomic mass is 35.5. The van der Waals surface area contributed by atoms with E-state index in [0.29, 0.717) is 41.1 Å². The molecule has 11 heteroatoms. The van der Waals surface area contributed by atoms with Crippen LogP contribution in [0.15, 0.2) is 72.8 Å². The van der Waals surface area contributed by atoms with E-state index in [-0.39, 0.29) is 37.7 Å². The second kappa shape index (κ2) is 16.5. The summed E-state index contributed by atoms with van der Waals surface area (Å²) in [6.45, 7) is 5.02. The fourth-order valence-electron chi connectivity index (χ4n) is 4.63. The Morgan fingerprint density at radius 2 is 1.63 bits per heavy atom. The van der Waals surface area contributed by atoms with Crippen LogP contribution in [-0.4, -0.2) is 57.1 Å². The molecule has 0 aromatic heterocycles. The summed E-state index contributed by atoms with van der Waals surface area (Å²) < 4.78 is 32.1. The van der Waals surface area contributed by atoms with Crippen molar-refractivity contribution in [2.45, 2.75) is 52.1 Å². The summed E-state index contributed by atoms with van der Waals surface area (Å²) in [5.74, 6) is 0.101. The van der Waals surface area contributed by atoms with Gasteiger partial charge in [0.05, 0.1) is 28.6 Å². The van der Waals surface area contributed by atoms with Crippen molar-refractivity contribution in [3.63, 3.8) is 0 Å². The van der Waals surface area contributed by atoms with E-state index in [2.05, 4.69) is 5.32 Å². The van der Waals surface area contributed by atoms with Crippen LogP contribution in [0.25, 0.3) is 0 Å². The second-order valence-corrected chi connectivity index (χ2v) is 12.9. The van der Waals surface area contributed by atoms with Crippen LogP contribution in [0.2, 0.25) is 10.0 Å². The summed E-state index contributed by atoms with van der Waals surface area (Å²) in [7, 11) is -3.62. The molecule has 0 aliphatic heterocycles. The van der Waals surface area contributed by atoms with Gasteiger partial charge < -0.3 is 15.0 Å². The van der Waals surface area contributed by atoms with Crippen LogP contribution >= 0.6 is 23.2 Å². The summed E-state index contributed by atoms with van der Waals surface area (Å²) >= 11 is 12.4. The van der Waals surface area contributed by atoms with Crippen molar-refractivity contribution in [3.8, 4) is 5.75 Å². The van der Waals surface area contributed by atoms with Gasteiger partial charge in [-0.25, -0.2) is 8.42 Å². The van der Waals surface area contributed by atoms with Gasteiger partial charge in [-0.15, -0.1) is 0 Å². The molecule has 8 nitrogen and oxygen atoms in total. The fraction of sp³-hybridized carbons (Fsp3) is 0.375. The molecule has 0 spiro atoms. The lowest BCUT2D eigenvalue weighted by molar-refractivity contribution is -0.141. The molecule has 0 saturated carbocycles. The van der Waals surface area contributed by atoms with Gasteiger partial charge in [-0.05, 0) is 67.3 Å². The predicted molar refractivity (Wildman–Crippen MR) is 173 cm³/mol. The largest absolute Gasteiger partial charge is 0.494 e. The Labute approximate surface area is 265 Å². The van der Waals surface area contributed by atoms with E-state index >= 15 is 0 Å². The van der Waals surface area contributed by atoms with Crippen LogP contribution in [0.1, 0.15) is 44.2 Å². The summed E-state index contributed by atoms with van der Waals surface area (Å²) in [5, 5.41) is 3.68.